The molecular formula is C59H88O6. The average Bonchev–Trinajstić information content (AvgIpc) is 3.30. The van der Waals surface area contributed by atoms with Gasteiger partial charge in [-0.05, 0) is 103 Å². The molecule has 1 atom stereocenters. The smallest absolute Gasteiger partial charge is 0.306 e. The second kappa shape index (κ2) is 51.7. The summed E-state index contributed by atoms with van der Waals surface area (Å²) in [6.07, 6.45) is 75.1. The third-order valence-electron chi connectivity index (χ3n) is 9.70. The molecule has 0 aliphatic heterocycles. The van der Waals surface area contributed by atoms with Crippen LogP contribution in [0.4, 0.5) is 0 Å². The predicted octanol–water partition coefficient (Wildman–Crippen LogP) is 16.6. The molecule has 0 rings (SSSR count). The Kier molecular flexibility index (Phi) is 47.7. The molecule has 0 heterocycles. The van der Waals surface area contributed by atoms with Gasteiger partial charge in [0, 0.05) is 19.3 Å². The average molecular weight is 893 g/mol. The van der Waals surface area contributed by atoms with E-state index in [9.17, 15) is 14.4 Å². The first-order chi connectivity index (χ1) is 32.0. The molecule has 0 bridgehead atoms. The van der Waals surface area contributed by atoms with Crippen LogP contribution in [0.5, 0.6) is 0 Å². The molecule has 0 aromatic heterocycles. The van der Waals surface area contributed by atoms with Gasteiger partial charge in [-0.1, -0.05) is 211 Å². The van der Waals surface area contributed by atoms with Crippen LogP contribution in [-0.2, 0) is 28.6 Å². The van der Waals surface area contributed by atoms with Gasteiger partial charge in [0.15, 0.2) is 6.10 Å². The molecule has 0 fully saturated rings. The minimum absolute atomic E-state index is 0.126. The predicted molar refractivity (Wildman–Crippen MR) is 278 cm³/mol. The molecule has 0 N–H and O–H groups in total. The van der Waals surface area contributed by atoms with Crippen molar-refractivity contribution in [3.63, 3.8) is 0 Å². The van der Waals surface area contributed by atoms with Crippen molar-refractivity contribution in [2.24, 2.45) is 0 Å². The number of hydrogen-bond donors (Lipinski definition) is 0. The molecule has 1 unspecified atom stereocenters. The molecule has 0 saturated heterocycles. The van der Waals surface area contributed by atoms with Crippen LogP contribution in [0.25, 0.3) is 0 Å². The minimum Gasteiger partial charge on any atom is -0.462 e. The number of ether oxygens (including phenoxy) is 3. The van der Waals surface area contributed by atoms with Crippen molar-refractivity contribution in [1.29, 1.82) is 0 Å². The van der Waals surface area contributed by atoms with Gasteiger partial charge in [0.05, 0.1) is 0 Å². The van der Waals surface area contributed by atoms with Gasteiger partial charge in [-0.25, -0.2) is 0 Å². The van der Waals surface area contributed by atoms with Gasteiger partial charge in [-0.3, -0.25) is 14.4 Å². The van der Waals surface area contributed by atoms with Gasteiger partial charge in [0.2, 0.25) is 0 Å². The van der Waals surface area contributed by atoms with Gasteiger partial charge in [-0.15, -0.1) is 0 Å². The summed E-state index contributed by atoms with van der Waals surface area (Å²) in [5, 5.41) is 0. The van der Waals surface area contributed by atoms with Crippen molar-refractivity contribution < 1.29 is 28.6 Å². The van der Waals surface area contributed by atoms with Crippen molar-refractivity contribution in [3.05, 3.63) is 158 Å². The zero-order chi connectivity index (χ0) is 47.2. The van der Waals surface area contributed by atoms with Crippen LogP contribution in [0.15, 0.2) is 158 Å². The van der Waals surface area contributed by atoms with Crippen molar-refractivity contribution in [2.75, 3.05) is 13.2 Å². The maximum absolute atomic E-state index is 12.8. The molecule has 360 valence electrons. The van der Waals surface area contributed by atoms with E-state index >= 15 is 0 Å². The van der Waals surface area contributed by atoms with E-state index in [0.717, 1.165) is 135 Å². The normalized spacial score (nSPS) is 13.5. The van der Waals surface area contributed by atoms with Gasteiger partial charge >= 0.3 is 17.9 Å². The monoisotopic (exact) mass is 893 g/mol. The van der Waals surface area contributed by atoms with Crippen LogP contribution < -0.4 is 0 Å². The van der Waals surface area contributed by atoms with E-state index in [1.165, 1.54) is 0 Å². The molecule has 65 heavy (non-hydrogen) atoms. The Morgan fingerprint density at radius 2 is 0.631 bits per heavy atom. The van der Waals surface area contributed by atoms with Crippen molar-refractivity contribution in [2.45, 2.75) is 181 Å². The number of unbranched alkanes of at least 4 members (excludes halogenated alkanes) is 11. The number of esters is 3. The molecule has 6 heteroatoms. The quantitative estimate of drug-likeness (QED) is 0.0200. The summed E-state index contributed by atoms with van der Waals surface area (Å²) in [6, 6.07) is 0. The molecule has 0 radical (unpaired) electrons. The second-order valence-corrected chi connectivity index (χ2v) is 15.8. The molecule has 0 aromatic rings. The summed E-state index contributed by atoms with van der Waals surface area (Å²) >= 11 is 0. The Balaban J connectivity index is 4.58. The third kappa shape index (κ3) is 49.9. The van der Waals surface area contributed by atoms with Crippen molar-refractivity contribution in [3.8, 4) is 0 Å². The zero-order valence-corrected chi connectivity index (χ0v) is 40.9. The Hall–Kier alpha value is -4.97. The van der Waals surface area contributed by atoms with E-state index in [2.05, 4.69) is 118 Å². The van der Waals surface area contributed by atoms with Crippen molar-refractivity contribution in [1.82, 2.24) is 0 Å². The largest absolute Gasteiger partial charge is 0.462 e. The Labute approximate surface area is 397 Å². The lowest BCUT2D eigenvalue weighted by Crippen LogP contribution is -2.30. The van der Waals surface area contributed by atoms with E-state index < -0.39 is 6.10 Å². The number of rotatable bonds is 42. The van der Waals surface area contributed by atoms with E-state index in [-0.39, 0.29) is 37.5 Å². The molecule has 0 saturated carbocycles. The highest BCUT2D eigenvalue weighted by Crippen LogP contribution is 2.12. The lowest BCUT2D eigenvalue weighted by molar-refractivity contribution is -0.167. The number of carbonyl (C=O) groups is 3. The van der Waals surface area contributed by atoms with Crippen LogP contribution in [0.2, 0.25) is 0 Å². The maximum atomic E-state index is 12.8. The lowest BCUT2D eigenvalue weighted by atomic mass is 10.1. The molecule has 0 aliphatic rings. The van der Waals surface area contributed by atoms with Crippen LogP contribution in [0.3, 0.4) is 0 Å². The fourth-order valence-electron chi connectivity index (χ4n) is 6.02. The van der Waals surface area contributed by atoms with Gasteiger partial charge in [0.1, 0.15) is 13.2 Å². The van der Waals surface area contributed by atoms with E-state index in [1.54, 1.807) is 0 Å². The fourth-order valence-corrected chi connectivity index (χ4v) is 6.02. The van der Waals surface area contributed by atoms with Gasteiger partial charge < -0.3 is 14.2 Å². The van der Waals surface area contributed by atoms with Crippen LogP contribution in [0.1, 0.15) is 175 Å². The molecule has 6 nitrogen and oxygen atoms in total. The number of carbonyl (C=O) groups excluding carboxylic acids is 3. The van der Waals surface area contributed by atoms with E-state index in [4.69, 9.17) is 14.2 Å². The van der Waals surface area contributed by atoms with Gasteiger partial charge in [0.25, 0.3) is 0 Å². The SMILES string of the molecule is CC\C=C/C=C\C=C/C=C\CCCCCCCC(=O)OC(COC(=O)CCCCC\C=C/C=C\C=C/C=C\CC)COC(=O)CCCCC/C=C\C/C=C\C/C=C\C/C=C\C/C=C\CC. The molecule has 0 spiro atoms. The Morgan fingerprint density at radius 1 is 0.323 bits per heavy atom. The van der Waals surface area contributed by atoms with Gasteiger partial charge in [-0.2, -0.15) is 0 Å². The summed E-state index contributed by atoms with van der Waals surface area (Å²) in [6.45, 7) is 6.12. The minimum atomic E-state index is -0.828. The topological polar surface area (TPSA) is 78.9 Å². The number of allylic oxidation sites excluding steroid dienone is 26. The highest BCUT2D eigenvalue weighted by molar-refractivity contribution is 5.71. The first-order valence-electron chi connectivity index (χ1n) is 25.1. The van der Waals surface area contributed by atoms with E-state index in [0.29, 0.717) is 12.8 Å². The second-order valence-electron chi connectivity index (χ2n) is 15.8. The summed E-state index contributed by atoms with van der Waals surface area (Å²) in [7, 11) is 0. The van der Waals surface area contributed by atoms with Crippen molar-refractivity contribution >= 4 is 17.9 Å². The van der Waals surface area contributed by atoms with Crippen LogP contribution >= 0.6 is 0 Å². The Bertz CT molecular complexity index is 1540. The zero-order valence-electron chi connectivity index (χ0n) is 40.9. The molecule has 0 aromatic carbocycles. The summed E-state index contributed by atoms with van der Waals surface area (Å²) in [4.78, 5) is 38.0. The number of hydrogen-bond acceptors (Lipinski definition) is 6. The molecule has 0 aliphatic carbocycles. The molecule has 0 amide bonds. The summed E-state index contributed by atoms with van der Waals surface area (Å²) < 4.78 is 16.7. The molecular weight excluding hydrogens is 805 g/mol. The first-order valence-corrected chi connectivity index (χ1v) is 25.1. The maximum Gasteiger partial charge on any atom is 0.306 e. The Morgan fingerprint density at radius 3 is 1.06 bits per heavy atom. The standard InChI is InChI=1S/C59H88O6/c1-4-7-10-13-16-19-22-25-27-28-29-30-32-34-37-40-43-46-49-52-58(61)64-55-56(54-63-57(60)51-48-45-42-39-36-33-24-21-18-15-12-9-6-3)65-59(62)53-50-47-44-41-38-35-31-26-23-20-17-14-11-8-5-2/h7-12,14-21,23-27,29-31,33-34,36-37,56H,4-6,13,22,28,32,35,38-55H2,1-3H3/b10-7-,11-8-,12-9-,17-14-,18-15-,19-16-,23-20-,24-21-,27-25-,30-29-,31-26-,36-33-,37-34-. The highest BCUT2D eigenvalue weighted by atomic mass is 16.6. The van der Waals surface area contributed by atoms with Crippen LogP contribution in [-0.4, -0.2) is 37.2 Å². The first kappa shape index (κ1) is 60.0. The lowest BCUT2D eigenvalue weighted by Gasteiger charge is -2.18. The highest BCUT2D eigenvalue weighted by Gasteiger charge is 2.19. The van der Waals surface area contributed by atoms with E-state index in [1.807, 2.05) is 60.8 Å². The fraction of sp³-hybridized carbons (Fsp3) is 0.508. The third-order valence-corrected chi connectivity index (χ3v) is 9.70. The van der Waals surface area contributed by atoms with Crippen LogP contribution in [0, 0.1) is 0 Å². The summed E-state index contributed by atoms with van der Waals surface area (Å²) in [5.41, 5.74) is 0. The summed E-state index contributed by atoms with van der Waals surface area (Å²) in [5.74, 6) is -1.03.